The lowest BCUT2D eigenvalue weighted by molar-refractivity contribution is -0.143. The van der Waals surface area contributed by atoms with Gasteiger partial charge in [0.15, 0.2) is 0 Å². The number of benzene rings is 2. The molecule has 1 fully saturated rings. The zero-order valence-electron chi connectivity index (χ0n) is 15.7. The van der Waals surface area contributed by atoms with Gasteiger partial charge in [0.25, 0.3) is 5.91 Å². The van der Waals surface area contributed by atoms with Gasteiger partial charge in [-0.1, -0.05) is 18.2 Å². The summed E-state index contributed by atoms with van der Waals surface area (Å²) in [5, 5.41) is 4.81. The van der Waals surface area contributed by atoms with Crippen LogP contribution in [-0.2, 0) is 17.1 Å². The fraction of sp³-hybridized carbons (Fsp3) is 0.300. The minimum absolute atomic E-state index is 0.0546. The molecule has 2 aromatic carbocycles. The van der Waals surface area contributed by atoms with Crippen LogP contribution in [0.4, 0.5) is 26.3 Å². The smallest absolute Gasteiger partial charge is 0.417 e. The van der Waals surface area contributed by atoms with Crippen molar-refractivity contribution in [3.63, 3.8) is 0 Å². The molecule has 0 aliphatic carbocycles. The van der Waals surface area contributed by atoms with Gasteiger partial charge in [-0.15, -0.1) is 0 Å². The summed E-state index contributed by atoms with van der Waals surface area (Å²) in [5.41, 5.74) is -4.49. The highest BCUT2D eigenvalue weighted by Gasteiger charge is 2.42. The highest BCUT2D eigenvalue weighted by Crippen LogP contribution is 2.42. The number of para-hydroxylation sites is 1. The van der Waals surface area contributed by atoms with Crippen molar-refractivity contribution in [1.29, 1.82) is 0 Å². The van der Waals surface area contributed by atoms with Gasteiger partial charge in [0.05, 0.1) is 16.7 Å². The second kappa shape index (κ2) is 8.48. The topological polar surface area (TPSA) is 67.4 Å². The second-order valence-electron chi connectivity index (χ2n) is 6.82. The summed E-state index contributed by atoms with van der Waals surface area (Å²) in [6.07, 6.45) is -10.3. The van der Waals surface area contributed by atoms with Gasteiger partial charge in [0.1, 0.15) is 11.5 Å². The van der Waals surface area contributed by atoms with E-state index in [0.717, 1.165) is 0 Å². The number of amides is 2. The quantitative estimate of drug-likeness (QED) is 0.679. The van der Waals surface area contributed by atoms with Crippen molar-refractivity contribution in [3.05, 3.63) is 59.2 Å². The van der Waals surface area contributed by atoms with Gasteiger partial charge in [-0.25, -0.2) is 0 Å². The van der Waals surface area contributed by atoms with Crippen LogP contribution in [0.2, 0.25) is 0 Å². The molecular formula is C20H16F6N2O3. The van der Waals surface area contributed by atoms with Crippen LogP contribution in [0.1, 0.15) is 34.3 Å². The van der Waals surface area contributed by atoms with E-state index in [4.69, 9.17) is 4.74 Å². The van der Waals surface area contributed by atoms with Gasteiger partial charge in [-0.3, -0.25) is 9.59 Å². The summed E-state index contributed by atoms with van der Waals surface area (Å²) in [6, 6.07) is 6.60. The molecule has 1 aliphatic heterocycles. The average molecular weight is 446 g/mol. The van der Waals surface area contributed by atoms with E-state index < -0.39 is 52.6 Å². The van der Waals surface area contributed by atoms with E-state index in [1.54, 1.807) is 6.07 Å². The number of alkyl halides is 6. The Labute approximate surface area is 172 Å². The number of hydrogen-bond donors (Lipinski definition) is 2. The Hall–Kier alpha value is -3.24. The summed E-state index contributed by atoms with van der Waals surface area (Å²) >= 11 is 0. The molecule has 2 aromatic rings. The van der Waals surface area contributed by atoms with Crippen molar-refractivity contribution in [2.45, 2.75) is 31.2 Å². The summed E-state index contributed by atoms with van der Waals surface area (Å²) in [4.78, 5) is 24.2. The minimum Gasteiger partial charge on any atom is -0.457 e. The van der Waals surface area contributed by atoms with Crippen molar-refractivity contribution < 1.29 is 40.7 Å². The zero-order chi connectivity index (χ0) is 22.8. The minimum atomic E-state index is -5.27. The number of ether oxygens (including phenoxy) is 1. The molecule has 166 valence electrons. The maximum absolute atomic E-state index is 13.7. The summed E-state index contributed by atoms with van der Waals surface area (Å²) in [5.74, 6) is -2.64. The van der Waals surface area contributed by atoms with Gasteiger partial charge < -0.3 is 15.4 Å². The first-order valence-electron chi connectivity index (χ1n) is 9.08. The van der Waals surface area contributed by atoms with Crippen LogP contribution in [0.5, 0.6) is 11.5 Å². The Balaban J connectivity index is 2.10. The van der Waals surface area contributed by atoms with Gasteiger partial charge in [-0.05, 0) is 30.7 Å². The fourth-order valence-corrected chi connectivity index (χ4v) is 3.10. The highest BCUT2D eigenvalue weighted by atomic mass is 19.4. The Bertz CT molecular complexity index is 973. The molecule has 31 heavy (non-hydrogen) atoms. The van der Waals surface area contributed by atoms with E-state index >= 15 is 0 Å². The predicted octanol–water partition coefficient (Wildman–Crippen LogP) is 4.52. The molecule has 0 bridgehead atoms. The van der Waals surface area contributed by atoms with E-state index in [0.29, 0.717) is 6.07 Å². The van der Waals surface area contributed by atoms with Gasteiger partial charge >= 0.3 is 12.4 Å². The van der Waals surface area contributed by atoms with Crippen molar-refractivity contribution in [2.75, 3.05) is 6.54 Å². The molecule has 5 nitrogen and oxygen atoms in total. The Kier molecular flexibility index (Phi) is 6.14. The molecule has 2 amide bonds. The van der Waals surface area contributed by atoms with Gasteiger partial charge in [0.2, 0.25) is 5.91 Å². The molecule has 2 N–H and O–H groups in total. The van der Waals surface area contributed by atoms with Crippen LogP contribution in [0.15, 0.2) is 42.5 Å². The first-order chi connectivity index (χ1) is 14.4. The van der Waals surface area contributed by atoms with Gasteiger partial charge in [-0.2, -0.15) is 26.3 Å². The normalized spacial score (nSPS) is 17.1. The summed E-state index contributed by atoms with van der Waals surface area (Å²) < 4.78 is 86.0. The molecule has 0 radical (unpaired) electrons. The van der Waals surface area contributed by atoms with E-state index in [1.807, 2.05) is 0 Å². The van der Waals surface area contributed by atoms with Gasteiger partial charge in [0, 0.05) is 19.0 Å². The van der Waals surface area contributed by atoms with E-state index in [2.05, 4.69) is 10.6 Å². The molecule has 1 aliphatic rings. The molecule has 1 saturated heterocycles. The third-order valence-electron chi connectivity index (χ3n) is 4.51. The molecule has 0 spiro atoms. The number of rotatable bonds is 4. The maximum atomic E-state index is 13.7. The lowest BCUT2D eigenvalue weighted by Crippen LogP contribution is -2.45. The molecule has 1 heterocycles. The predicted molar refractivity (Wildman–Crippen MR) is 96.5 cm³/mol. The van der Waals surface area contributed by atoms with Crippen molar-refractivity contribution >= 4 is 11.8 Å². The Morgan fingerprint density at radius 1 is 1.03 bits per heavy atom. The van der Waals surface area contributed by atoms with E-state index in [9.17, 15) is 35.9 Å². The second-order valence-corrected chi connectivity index (χ2v) is 6.82. The Morgan fingerprint density at radius 2 is 1.71 bits per heavy atom. The number of carbonyl (C=O) groups excluding carboxylic acids is 2. The summed E-state index contributed by atoms with van der Waals surface area (Å²) in [6.45, 7) is 0.205. The number of hydrogen-bond acceptors (Lipinski definition) is 3. The number of halogens is 6. The first-order valence-corrected chi connectivity index (χ1v) is 9.08. The number of carbonyl (C=O) groups is 2. The number of nitrogens with one attached hydrogen (secondary N) is 2. The maximum Gasteiger partial charge on any atom is 0.417 e. The molecule has 3 rings (SSSR count). The average Bonchev–Trinajstić information content (AvgIpc) is 2.66. The van der Waals surface area contributed by atoms with Crippen molar-refractivity contribution in [3.8, 4) is 11.5 Å². The van der Waals surface area contributed by atoms with Crippen LogP contribution < -0.4 is 15.4 Å². The van der Waals surface area contributed by atoms with Crippen LogP contribution in [0.25, 0.3) is 0 Å². The standard InChI is InChI=1S/C20H16F6N2O3/c21-19(22,23)11-8-14(20(24,25)26)17(15(9-11)31-13-4-2-1-3-5-13)18(30)28-12-6-7-27-16(29)10-12/h1-5,8-9,12H,6-7,10H2,(H,27,29)(H,28,30). The van der Waals surface area contributed by atoms with E-state index in [1.165, 1.54) is 24.3 Å². The molecule has 0 saturated carbocycles. The van der Waals surface area contributed by atoms with Crippen molar-refractivity contribution in [1.82, 2.24) is 10.6 Å². The molecule has 11 heteroatoms. The highest BCUT2D eigenvalue weighted by molar-refractivity contribution is 5.99. The molecule has 1 atom stereocenters. The number of piperidine rings is 1. The van der Waals surface area contributed by atoms with Crippen LogP contribution in [-0.4, -0.2) is 24.4 Å². The third kappa shape index (κ3) is 5.47. The van der Waals surface area contributed by atoms with Crippen LogP contribution in [0.3, 0.4) is 0 Å². The lowest BCUT2D eigenvalue weighted by Gasteiger charge is -2.25. The largest absolute Gasteiger partial charge is 0.457 e. The zero-order valence-corrected chi connectivity index (χ0v) is 15.7. The monoisotopic (exact) mass is 446 g/mol. The van der Waals surface area contributed by atoms with Crippen LogP contribution >= 0.6 is 0 Å². The summed E-state index contributed by atoms with van der Waals surface area (Å²) in [7, 11) is 0. The molecule has 1 unspecified atom stereocenters. The van der Waals surface area contributed by atoms with Crippen molar-refractivity contribution in [2.24, 2.45) is 0 Å². The first kappa shape index (κ1) is 22.4. The molecular weight excluding hydrogens is 430 g/mol. The fourth-order valence-electron chi connectivity index (χ4n) is 3.10. The van der Waals surface area contributed by atoms with Crippen LogP contribution in [0, 0.1) is 0 Å². The lowest BCUT2D eigenvalue weighted by atomic mass is 9.99. The molecule has 0 aromatic heterocycles. The third-order valence-corrected chi connectivity index (χ3v) is 4.51. The van der Waals surface area contributed by atoms with E-state index in [-0.39, 0.29) is 31.2 Å². The Morgan fingerprint density at radius 3 is 2.29 bits per heavy atom. The SMILES string of the molecule is O=C1CC(NC(=O)c2c(Oc3ccccc3)cc(C(F)(F)F)cc2C(F)(F)F)CCN1.